The summed E-state index contributed by atoms with van der Waals surface area (Å²) in [5.74, 6) is 1.38. The molecule has 0 spiro atoms. The van der Waals surface area contributed by atoms with E-state index in [1.165, 1.54) is 0 Å². The zero-order chi connectivity index (χ0) is 6.85. The van der Waals surface area contributed by atoms with Crippen LogP contribution in [0.4, 0.5) is 0 Å². The normalized spacial score (nSPS) is 35.1. The van der Waals surface area contributed by atoms with Crippen molar-refractivity contribution in [1.82, 2.24) is 4.90 Å². The first kappa shape index (κ1) is 6.59. The van der Waals surface area contributed by atoms with E-state index in [1.807, 2.05) is 4.90 Å². The van der Waals surface area contributed by atoms with Gasteiger partial charge in [-0.3, -0.25) is 4.79 Å². The maximum Gasteiger partial charge on any atom is 0.209 e. The van der Waals surface area contributed by atoms with Gasteiger partial charge >= 0.3 is 0 Å². The van der Waals surface area contributed by atoms with E-state index < -0.39 is 0 Å². The third-order valence-electron chi connectivity index (χ3n) is 2.17. The summed E-state index contributed by atoms with van der Waals surface area (Å²) in [7, 11) is 0. The quantitative estimate of drug-likeness (QED) is 0.475. The fraction of sp³-hybridized carbons (Fsp3) is 0.857. The first-order valence-corrected chi connectivity index (χ1v) is 3.43. The molecule has 2 heteroatoms. The van der Waals surface area contributed by atoms with Gasteiger partial charge in [-0.15, -0.1) is 0 Å². The summed E-state index contributed by atoms with van der Waals surface area (Å²) < 4.78 is 0. The van der Waals surface area contributed by atoms with Crippen molar-refractivity contribution >= 4 is 6.41 Å². The van der Waals surface area contributed by atoms with Crippen LogP contribution in [-0.4, -0.2) is 24.4 Å². The highest BCUT2D eigenvalue weighted by atomic mass is 16.1. The first-order chi connectivity index (χ1) is 4.24. The van der Waals surface area contributed by atoms with Crippen molar-refractivity contribution in [2.45, 2.75) is 13.8 Å². The van der Waals surface area contributed by atoms with Gasteiger partial charge in [-0.05, 0) is 11.8 Å². The van der Waals surface area contributed by atoms with Crippen LogP contribution in [-0.2, 0) is 4.79 Å². The minimum absolute atomic E-state index is 0.690. The third-order valence-corrected chi connectivity index (χ3v) is 2.17. The first-order valence-electron chi connectivity index (χ1n) is 3.43. The van der Waals surface area contributed by atoms with Gasteiger partial charge in [0.25, 0.3) is 0 Å². The largest absolute Gasteiger partial charge is 0.345 e. The van der Waals surface area contributed by atoms with Crippen LogP contribution < -0.4 is 0 Å². The lowest BCUT2D eigenvalue weighted by Gasteiger charge is -2.05. The van der Waals surface area contributed by atoms with Gasteiger partial charge in [0.05, 0.1) is 0 Å². The number of nitrogens with zero attached hydrogens (tertiary/aromatic N) is 1. The predicted octanol–water partition coefficient (Wildman–Crippen LogP) is 0.731. The molecule has 0 saturated carbocycles. The standard InChI is InChI=1S/C7H13NO/c1-6-3-8(5-9)4-7(6)2/h5-7H,3-4H2,1-2H3. The molecule has 0 aromatic carbocycles. The van der Waals surface area contributed by atoms with Gasteiger partial charge in [0.15, 0.2) is 0 Å². The highest BCUT2D eigenvalue weighted by Crippen LogP contribution is 2.19. The Morgan fingerprint density at radius 2 is 1.78 bits per heavy atom. The third kappa shape index (κ3) is 1.23. The van der Waals surface area contributed by atoms with E-state index in [1.54, 1.807) is 0 Å². The lowest BCUT2D eigenvalue weighted by atomic mass is 10.0. The van der Waals surface area contributed by atoms with E-state index in [4.69, 9.17) is 0 Å². The lowest BCUT2D eigenvalue weighted by molar-refractivity contribution is -0.117. The van der Waals surface area contributed by atoms with E-state index in [0.29, 0.717) is 11.8 Å². The summed E-state index contributed by atoms with van der Waals surface area (Å²) in [6, 6.07) is 0. The van der Waals surface area contributed by atoms with Gasteiger partial charge < -0.3 is 4.90 Å². The molecule has 0 aliphatic carbocycles. The molecule has 1 aliphatic rings. The zero-order valence-electron chi connectivity index (χ0n) is 6.00. The monoisotopic (exact) mass is 127 g/mol. The molecule has 1 amide bonds. The number of amides is 1. The van der Waals surface area contributed by atoms with Gasteiger partial charge in [0, 0.05) is 13.1 Å². The average molecular weight is 127 g/mol. The molecule has 1 saturated heterocycles. The Morgan fingerprint density at radius 1 is 1.33 bits per heavy atom. The Morgan fingerprint density at radius 3 is 2.00 bits per heavy atom. The SMILES string of the molecule is CC1CN(C=O)CC1C. The van der Waals surface area contributed by atoms with Gasteiger partial charge in [-0.25, -0.2) is 0 Å². The molecule has 2 unspecified atom stereocenters. The van der Waals surface area contributed by atoms with E-state index >= 15 is 0 Å². The Bertz CT molecular complexity index is 103. The Hall–Kier alpha value is -0.530. The van der Waals surface area contributed by atoms with Crippen LogP contribution in [0.15, 0.2) is 0 Å². The number of hydrogen-bond donors (Lipinski definition) is 0. The van der Waals surface area contributed by atoms with Crippen molar-refractivity contribution in [3.63, 3.8) is 0 Å². The van der Waals surface area contributed by atoms with E-state index in [9.17, 15) is 4.79 Å². The molecule has 2 atom stereocenters. The number of likely N-dealkylation sites (tertiary alicyclic amines) is 1. The second kappa shape index (κ2) is 2.38. The second-order valence-electron chi connectivity index (χ2n) is 3.01. The maximum atomic E-state index is 10.2. The maximum absolute atomic E-state index is 10.2. The summed E-state index contributed by atoms with van der Waals surface area (Å²) in [5, 5.41) is 0. The van der Waals surface area contributed by atoms with Crippen LogP contribution in [0.5, 0.6) is 0 Å². The Balaban J connectivity index is 2.43. The molecule has 2 nitrogen and oxygen atoms in total. The van der Waals surface area contributed by atoms with Crippen molar-refractivity contribution in [3.05, 3.63) is 0 Å². The van der Waals surface area contributed by atoms with Crippen molar-refractivity contribution in [2.24, 2.45) is 11.8 Å². The summed E-state index contributed by atoms with van der Waals surface area (Å²) in [4.78, 5) is 12.1. The van der Waals surface area contributed by atoms with Gasteiger partial charge in [0.1, 0.15) is 0 Å². The highest BCUT2D eigenvalue weighted by molar-refractivity contribution is 5.47. The average Bonchev–Trinajstić information content (AvgIpc) is 2.13. The molecular weight excluding hydrogens is 114 g/mol. The smallest absolute Gasteiger partial charge is 0.209 e. The lowest BCUT2D eigenvalue weighted by Crippen LogP contribution is -2.17. The molecule has 0 bridgehead atoms. The van der Waals surface area contributed by atoms with Crippen molar-refractivity contribution in [3.8, 4) is 0 Å². The summed E-state index contributed by atoms with van der Waals surface area (Å²) in [5.41, 5.74) is 0. The molecule has 0 radical (unpaired) electrons. The molecule has 9 heavy (non-hydrogen) atoms. The molecule has 1 fully saturated rings. The minimum atomic E-state index is 0.690. The molecule has 1 heterocycles. The van der Waals surface area contributed by atoms with Crippen LogP contribution in [0.3, 0.4) is 0 Å². The zero-order valence-corrected chi connectivity index (χ0v) is 6.00. The molecular formula is C7H13NO. The van der Waals surface area contributed by atoms with Crippen LogP contribution in [0.25, 0.3) is 0 Å². The fourth-order valence-electron chi connectivity index (χ4n) is 1.26. The number of rotatable bonds is 1. The van der Waals surface area contributed by atoms with E-state index in [0.717, 1.165) is 19.5 Å². The Kier molecular flexibility index (Phi) is 1.74. The van der Waals surface area contributed by atoms with Crippen LogP contribution in [0.1, 0.15) is 13.8 Å². The molecule has 1 rings (SSSR count). The van der Waals surface area contributed by atoms with Crippen molar-refractivity contribution in [1.29, 1.82) is 0 Å². The molecule has 1 aliphatic heterocycles. The number of carbonyl (C=O) groups excluding carboxylic acids is 1. The molecule has 0 aromatic rings. The Labute approximate surface area is 55.8 Å². The van der Waals surface area contributed by atoms with Gasteiger partial charge in [-0.1, -0.05) is 13.8 Å². The van der Waals surface area contributed by atoms with Crippen molar-refractivity contribution in [2.75, 3.05) is 13.1 Å². The number of carbonyl (C=O) groups is 1. The van der Waals surface area contributed by atoms with Gasteiger partial charge in [0.2, 0.25) is 6.41 Å². The van der Waals surface area contributed by atoms with Crippen LogP contribution in [0, 0.1) is 11.8 Å². The van der Waals surface area contributed by atoms with Crippen molar-refractivity contribution < 1.29 is 4.79 Å². The van der Waals surface area contributed by atoms with Crippen LogP contribution in [0.2, 0.25) is 0 Å². The molecule has 0 aromatic heterocycles. The number of hydrogen-bond acceptors (Lipinski definition) is 1. The summed E-state index contributed by atoms with van der Waals surface area (Å²) >= 11 is 0. The summed E-state index contributed by atoms with van der Waals surface area (Å²) in [6.07, 6.45) is 0.944. The minimum Gasteiger partial charge on any atom is -0.345 e. The van der Waals surface area contributed by atoms with E-state index in [2.05, 4.69) is 13.8 Å². The second-order valence-corrected chi connectivity index (χ2v) is 3.01. The topological polar surface area (TPSA) is 20.3 Å². The highest BCUT2D eigenvalue weighted by Gasteiger charge is 2.24. The fourth-order valence-corrected chi connectivity index (χ4v) is 1.26. The van der Waals surface area contributed by atoms with E-state index in [-0.39, 0.29) is 0 Å². The predicted molar refractivity (Wildman–Crippen MR) is 36.0 cm³/mol. The molecule has 0 N–H and O–H groups in total. The molecule has 52 valence electrons. The summed E-state index contributed by atoms with van der Waals surface area (Å²) in [6.45, 7) is 6.28. The van der Waals surface area contributed by atoms with Crippen LogP contribution >= 0.6 is 0 Å². The van der Waals surface area contributed by atoms with Gasteiger partial charge in [-0.2, -0.15) is 0 Å².